The summed E-state index contributed by atoms with van der Waals surface area (Å²) >= 11 is 0. The molecule has 0 bridgehead atoms. The first-order valence-corrected chi connectivity index (χ1v) is 8.22. The van der Waals surface area contributed by atoms with Crippen LogP contribution < -0.4 is 10.1 Å². The van der Waals surface area contributed by atoms with Gasteiger partial charge >= 0.3 is 6.36 Å². The molecule has 1 aromatic carbocycles. The molecule has 6 nitrogen and oxygen atoms in total. The summed E-state index contributed by atoms with van der Waals surface area (Å²) in [5, 5.41) is 3.24. The molecule has 0 amide bonds. The molecule has 2 heterocycles. The monoisotopic (exact) mass is 368 g/mol. The van der Waals surface area contributed by atoms with Crippen molar-refractivity contribution in [2.24, 2.45) is 0 Å². The topological polar surface area (TPSA) is 59.5 Å². The van der Waals surface area contributed by atoms with Gasteiger partial charge < -0.3 is 14.8 Å². The Bertz CT molecular complexity index is 704. The van der Waals surface area contributed by atoms with E-state index in [1.165, 1.54) is 30.6 Å². The zero-order chi connectivity index (χ0) is 18.4. The molecule has 1 saturated heterocycles. The maximum Gasteiger partial charge on any atom is 0.573 e. The van der Waals surface area contributed by atoms with E-state index >= 15 is 0 Å². The van der Waals surface area contributed by atoms with Gasteiger partial charge in [-0.1, -0.05) is 0 Å². The minimum atomic E-state index is -4.70. The van der Waals surface area contributed by atoms with Gasteiger partial charge in [-0.25, -0.2) is 9.97 Å². The zero-order valence-corrected chi connectivity index (χ0v) is 14.0. The van der Waals surface area contributed by atoms with Gasteiger partial charge in [-0.05, 0) is 24.3 Å². The van der Waals surface area contributed by atoms with Gasteiger partial charge in [0.2, 0.25) is 0 Å². The maximum absolute atomic E-state index is 12.2. The van der Waals surface area contributed by atoms with Gasteiger partial charge in [0.15, 0.2) is 0 Å². The van der Waals surface area contributed by atoms with E-state index in [-0.39, 0.29) is 5.75 Å². The second-order valence-electron chi connectivity index (χ2n) is 5.74. The number of nitrogens with one attached hydrogen (secondary N) is 1. The lowest BCUT2D eigenvalue weighted by molar-refractivity contribution is -0.274. The predicted molar refractivity (Wildman–Crippen MR) is 89.9 cm³/mol. The molecule has 1 fully saturated rings. The third kappa shape index (κ3) is 5.57. The third-order valence-electron chi connectivity index (χ3n) is 3.89. The first-order chi connectivity index (χ1) is 12.5. The van der Waals surface area contributed by atoms with Crippen LogP contribution in [0, 0.1) is 0 Å². The lowest BCUT2D eigenvalue weighted by Crippen LogP contribution is -2.39. The molecule has 0 atom stereocenters. The molecule has 1 aliphatic rings. The van der Waals surface area contributed by atoms with Gasteiger partial charge in [0, 0.05) is 37.8 Å². The fraction of sp³-hybridized carbons (Fsp3) is 0.412. The summed E-state index contributed by atoms with van der Waals surface area (Å²) in [5.74, 6) is 0.401. The van der Waals surface area contributed by atoms with E-state index in [0.717, 1.165) is 39.4 Å². The van der Waals surface area contributed by atoms with E-state index in [4.69, 9.17) is 4.74 Å². The molecule has 3 rings (SSSR count). The van der Waals surface area contributed by atoms with E-state index in [1.54, 1.807) is 6.07 Å². The number of nitrogens with zero attached hydrogens (tertiary/aromatic N) is 3. The van der Waals surface area contributed by atoms with Gasteiger partial charge in [0.25, 0.3) is 0 Å². The van der Waals surface area contributed by atoms with Crippen molar-refractivity contribution in [2.75, 3.05) is 44.7 Å². The second-order valence-corrected chi connectivity index (χ2v) is 5.74. The fourth-order valence-corrected chi connectivity index (χ4v) is 2.61. The Kier molecular flexibility index (Phi) is 5.89. The minimum Gasteiger partial charge on any atom is -0.406 e. The molecule has 140 valence electrons. The van der Waals surface area contributed by atoms with Crippen LogP contribution in [-0.4, -0.2) is 60.6 Å². The lowest BCUT2D eigenvalue weighted by Gasteiger charge is -2.26. The number of hydrogen-bond donors (Lipinski definition) is 1. The van der Waals surface area contributed by atoms with Crippen molar-refractivity contribution in [1.82, 2.24) is 14.9 Å². The van der Waals surface area contributed by atoms with Gasteiger partial charge in [0.05, 0.1) is 18.9 Å². The van der Waals surface area contributed by atoms with Gasteiger partial charge in [-0.15, -0.1) is 13.2 Å². The Morgan fingerprint density at radius 3 is 2.54 bits per heavy atom. The summed E-state index contributed by atoms with van der Waals surface area (Å²) < 4.78 is 45.8. The summed E-state index contributed by atoms with van der Waals surface area (Å²) in [7, 11) is 0. The number of benzene rings is 1. The van der Waals surface area contributed by atoms with Crippen molar-refractivity contribution < 1.29 is 22.6 Å². The number of ether oxygens (including phenoxy) is 2. The number of alkyl halides is 3. The molecule has 9 heteroatoms. The largest absolute Gasteiger partial charge is 0.573 e. The number of morpholine rings is 1. The van der Waals surface area contributed by atoms with Crippen LogP contribution in [0.1, 0.15) is 0 Å². The highest BCUT2D eigenvalue weighted by Gasteiger charge is 2.30. The molecule has 0 aliphatic carbocycles. The van der Waals surface area contributed by atoms with Crippen molar-refractivity contribution in [2.45, 2.75) is 6.36 Å². The highest BCUT2D eigenvalue weighted by molar-refractivity contribution is 5.62. The minimum absolute atomic E-state index is 0.265. The zero-order valence-electron chi connectivity index (χ0n) is 14.0. The summed E-state index contributed by atoms with van der Waals surface area (Å²) in [6.07, 6.45) is -3.28. The first kappa shape index (κ1) is 18.4. The van der Waals surface area contributed by atoms with Crippen LogP contribution in [0.5, 0.6) is 5.75 Å². The SMILES string of the molecule is FC(F)(F)Oc1ccc(-c2cc(NCCN3CCOCC3)ncn2)cc1. The number of halogens is 3. The van der Waals surface area contributed by atoms with Crippen LogP contribution in [0.15, 0.2) is 36.7 Å². The molecule has 0 saturated carbocycles. The standard InChI is InChI=1S/C17H19F3N4O2/c18-17(19,20)26-14-3-1-13(2-4-14)15-11-16(23-12-22-15)21-5-6-24-7-9-25-10-8-24/h1-4,11-12H,5-10H2,(H,21,22,23). The Morgan fingerprint density at radius 1 is 1.12 bits per heavy atom. The Labute approximate surface area is 149 Å². The van der Waals surface area contributed by atoms with Crippen LogP contribution >= 0.6 is 0 Å². The van der Waals surface area contributed by atoms with Gasteiger partial charge in [0.1, 0.15) is 17.9 Å². The summed E-state index contributed by atoms with van der Waals surface area (Å²) in [4.78, 5) is 10.6. The lowest BCUT2D eigenvalue weighted by atomic mass is 10.1. The van der Waals surface area contributed by atoms with Crippen molar-refractivity contribution in [1.29, 1.82) is 0 Å². The summed E-state index contributed by atoms with van der Waals surface area (Å²) in [5.41, 5.74) is 1.30. The molecular weight excluding hydrogens is 349 g/mol. The summed E-state index contributed by atoms with van der Waals surface area (Å²) in [6, 6.07) is 7.34. The average molecular weight is 368 g/mol. The molecule has 26 heavy (non-hydrogen) atoms. The molecule has 1 aromatic heterocycles. The highest BCUT2D eigenvalue weighted by atomic mass is 19.4. The fourth-order valence-electron chi connectivity index (χ4n) is 2.61. The second kappa shape index (κ2) is 8.33. The third-order valence-corrected chi connectivity index (χ3v) is 3.89. The molecular formula is C17H19F3N4O2. The van der Waals surface area contributed by atoms with Crippen LogP contribution in [0.25, 0.3) is 11.3 Å². The molecule has 0 unspecified atom stereocenters. The molecule has 0 radical (unpaired) electrons. The van der Waals surface area contributed by atoms with Gasteiger partial charge in [-0.3, -0.25) is 4.90 Å². The first-order valence-electron chi connectivity index (χ1n) is 8.22. The summed E-state index contributed by atoms with van der Waals surface area (Å²) in [6.45, 7) is 4.96. The smallest absolute Gasteiger partial charge is 0.406 e. The van der Waals surface area contributed by atoms with Crippen molar-refractivity contribution in [3.05, 3.63) is 36.7 Å². The Hall–Kier alpha value is -2.39. The van der Waals surface area contributed by atoms with Gasteiger partial charge in [-0.2, -0.15) is 0 Å². The van der Waals surface area contributed by atoms with Crippen LogP contribution in [0.3, 0.4) is 0 Å². The van der Waals surface area contributed by atoms with Crippen LogP contribution in [-0.2, 0) is 4.74 Å². The van der Waals surface area contributed by atoms with E-state index < -0.39 is 6.36 Å². The quantitative estimate of drug-likeness (QED) is 0.846. The average Bonchev–Trinajstić information content (AvgIpc) is 2.62. The molecule has 1 aliphatic heterocycles. The van der Waals surface area contributed by atoms with Crippen LogP contribution in [0.4, 0.5) is 19.0 Å². The van der Waals surface area contributed by atoms with E-state index in [9.17, 15) is 13.2 Å². The van der Waals surface area contributed by atoms with Crippen molar-refractivity contribution in [3.63, 3.8) is 0 Å². The predicted octanol–water partition coefficient (Wildman–Crippen LogP) is 2.79. The number of anilines is 1. The normalized spacial score (nSPS) is 15.7. The maximum atomic E-state index is 12.2. The van der Waals surface area contributed by atoms with E-state index in [1.807, 2.05) is 0 Å². The Morgan fingerprint density at radius 2 is 1.85 bits per heavy atom. The molecule has 0 spiro atoms. The number of hydrogen-bond acceptors (Lipinski definition) is 6. The number of rotatable bonds is 6. The van der Waals surface area contributed by atoms with Crippen LogP contribution in [0.2, 0.25) is 0 Å². The number of aromatic nitrogens is 2. The Balaban J connectivity index is 1.58. The molecule has 2 aromatic rings. The van der Waals surface area contributed by atoms with E-state index in [0.29, 0.717) is 17.1 Å². The van der Waals surface area contributed by atoms with E-state index in [2.05, 4.69) is 24.9 Å². The van der Waals surface area contributed by atoms with Crippen molar-refractivity contribution in [3.8, 4) is 17.0 Å². The highest BCUT2D eigenvalue weighted by Crippen LogP contribution is 2.26. The van der Waals surface area contributed by atoms with Crippen molar-refractivity contribution >= 4 is 5.82 Å². The molecule has 1 N–H and O–H groups in total.